The number of nitrogens with zero attached hydrogens (tertiary/aromatic N) is 4. The molecule has 1 aliphatic heterocycles. The van der Waals surface area contributed by atoms with Gasteiger partial charge in [-0.25, -0.2) is 9.48 Å². The molecule has 2 aromatic rings. The summed E-state index contributed by atoms with van der Waals surface area (Å²) in [6, 6.07) is 9.08. The molecule has 2 atom stereocenters. The van der Waals surface area contributed by atoms with Crippen molar-refractivity contribution in [2.24, 2.45) is 0 Å². The summed E-state index contributed by atoms with van der Waals surface area (Å²) in [5, 5.41) is 16.1. The van der Waals surface area contributed by atoms with Gasteiger partial charge < -0.3 is 29.7 Å². The van der Waals surface area contributed by atoms with Crippen LogP contribution in [0.1, 0.15) is 44.1 Å². The van der Waals surface area contributed by atoms with Gasteiger partial charge in [-0.3, -0.25) is 19.2 Å². The molecule has 0 spiro atoms. The first-order valence-corrected chi connectivity index (χ1v) is 12.7. The van der Waals surface area contributed by atoms with Gasteiger partial charge in [0.2, 0.25) is 11.8 Å². The van der Waals surface area contributed by atoms with Gasteiger partial charge in [-0.2, -0.15) is 5.10 Å². The maximum absolute atomic E-state index is 13.3. The molecule has 210 valence electrons. The zero-order chi connectivity index (χ0) is 28.5. The van der Waals surface area contributed by atoms with E-state index in [1.165, 1.54) is 27.5 Å². The van der Waals surface area contributed by atoms with Gasteiger partial charge in [-0.05, 0) is 39.3 Å². The Morgan fingerprint density at radius 1 is 1.05 bits per heavy atom. The lowest BCUT2D eigenvalue weighted by Gasteiger charge is -2.35. The van der Waals surface area contributed by atoms with Crippen LogP contribution in [0.15, 0.2) is 36.4 Å². The highest BCUT2D eigenvalue weighted by Crippen LogP contribution is 2.21. The normalized spacial score (nSPS) is 14.7. The quantitative estimate of drug-likeness (QED) is 0.428. The molecule has 0 aliphatic carbocycles. The maximum atomic E-state index is 13.3. The van der Waals surface area contributed by atoms with Gasteiger partial charge in [0, 0.05) is 38.7 Å². The van der Waals surface area contributed by atoms with Crippen LogP contribution in [0.2, 0.25) is 0 Å². The molecule has 0 saturated carbocycles. The van der Waals surface area contributed by atoms with E-state index >= 15 is 0 Å². The van der Waals surface area contributed by atoms with Crippen LogP contribution in [0, 0.1) is 0 Å². The number of para-hydroxylation sites is 1. The van der Waals surface area contributed by atoms with E-state index in [2.05, 4.69) is 10.4 Å². The van der Waals surface area contributed by atoms with E-state index < -0.39 is 36.0 Å². The summed E-state index contributed by atoms with van der Waals surface area (Å²) < 4.78 is 12.1. The van der Waals surface area contributed by atoms with Crippen molar-refractivity contribution < 1.29 is 38.6 Å². The number of carboxylic acids is 1. The van der Waals surface area contributed by atoms with E-state index in [0.29, 0.717) is 5.69 Å². The molecule has 0 radical (unpaired) electrons. The fourth-order valence-corrected chi connectivity index (χ4v) is 3.88. The molecule has 1 saturated heterocycles. The van der Waals surface area contributed by atoms with Crippen molar-refractivity contribution in [3.05, 3.63) is 42.1 Å². The number of nitrogens with one attached hydrogen (secondary N) is 1. The highest BCUT2D eigenvalue weighted by atomic mass is 16.6. The number of ketones is 1. The lowest BCUT2D eigenvalue weighted by atomic mass is 10.1. The third-order valence-corrected chi connectivity index (χ3v) is 6.15. The molecule has 1 unspecified atom stereocenters. The van der Waals surface area contributed by atoms with Crippen LogP contribution in [0.25, 0.3) is 5.69 Å². The Kier molecular flexibility index (Phi) is 10.0. The van der Waals surface area contributed by atoms with Crippen molar-refractivity contribution in [2.75, 3.05) is 32.8 Å². The van der Waals surface area contributed by atoms with Crippen molar-refractivity contribution in [3.63, 3.8) is 0 Å². The van der Waals surface area contributed by atoms with Crippen molar-refractivity contribution in [1.82, 2.24) is 24.9 Å². The summed E-state index contributed by atoms with van der Waals surface area (Å²) in [4.78, 5) is 64.5. The Hall–Kier alpha value is -4.42. The summed E-state index contributed by atoms with van der Waals surface area (Å²) >= 11 is 0. The molecule has 2 heterocycles. The van der Waals surface area contributed by atoms with E-state index in [1.807, 2.05) is 6.07 Å². The number of hydrogen-bond donors (Lipinski definition) is 2. The number of aliphatic carboxylic acids is 1. The largest absolute Gasteiger partial charge is 0.481 e. The molecular formula is C26H33N5O8. The molecule has 39 heavy (non-hydrogen) atoms. The van der Waals surface area contributed by atoms with Crippen molar-refractivity contribution in [2.45, 2.75) is 45.8 Å². The third kappa shape index (κ3) is 7.79. The van der Waals surface area contributed by atoms with Crippen LogP contribution in [-0.2, 0) is 19.1 Å². The average molecular weight is 544 g/mol. The fraction of sp³-hybridized carbons (Fsp3) is 0.462. The monoisotopic (exact) mass is 543 g/mol. The van der Waals surface area contributed by atoms with E-state index in [9.17, 15) is 29.1 Å². The predicted molar refractivity (Wildman–Crippen MR) is 138 cm³/mol. The van der Waals surface area contributed by atoms with Crippen LogP contribution in [-0.4, -0.2) is 99.3 Å². The Balaban J connectivity index is 1.79. The zero-order valence-corrected chi connectivity index (χ0v) is 22.2. The first kappa shape index (κ1) is 29.1. The van der Waals surface area contributed by atoms with Gasteiger partial charge in [0.25, 0.3) is 5.91 Å². The van der Waals surface area contributed by atoms with Crippen molar-refractivity contribution >= 4 is 29.7 Å². The SMILES string of the molecule is CCOC(=O)N1CCN(C(=O)C(CCC(=O)O)NC(=O)c2cc(O[C@@H](C)C(C)=O)n(-c3ccccc3)n2)CC1. The van der Waals surface area contributed by atoms with Crippen LogP contribution < -0.4 is 10.1 Å². The van der Waals surface area contributed by atoms with Crippen LogP contribution in [0.5, 0.6) is 5.88 Å². The van der Waals surface area contributed by atoms with E-state index in [1.54, 1.807) is 38.1 Å². The smallest absolute Gasteiger partial charge is 0.409 e. The summed E-state index contributed by atoms with van der Waals surface area (Å²) in [5.74, 6) is -2.35. The number of carbonyl (C=O) groups excluding carboxylic acids is 4. The van der Waals surface area contributed by atoms with Crippen molar-refractivity contribution in [3.8, 4) is 11.6 Å². The van der Waals surface area contributed by atoms with Gasteiger partial charge in [0.15, 0.2) is 17.6 Å². The summed E-state index contributed by atoms with van der Waals surface area (Å²) in [5.41, 5.74) is 0.505. The van der Waals surface area contributed by atoms with Gasteiger partial charge in [-0.1, -0.05) is 18.2 Å². The summed E-state index contributed by atoms with van der Waals surface area (Å²) in [6.45, 7) is 5.82. The predicted octanol–water partition coefficient (Wildman–Crippen LogP) is 1.49. The molecule has 0 bridgehead atoms. The number of ether oxygens (including phenoxy) is 2. The van der Waals surface area contributed by atoms with Crippen LogP contribution in [0.4, 0.5) is 4.79 Å². The number of Topliss-reactive ketones (excluding diaryl/α,β-unsaturated/α-hetero) is 1. The van der Waals surface area contributed by atoms with Gasteiger partial charge >= 0.3 is 12.1 Å². The zero-order valence-electron chi connectivity index (χ0n) is 22.2. The molecular weight excluding hydrogens is 510 g/mol. The molecule has 2 N–H and O–H groups in total. The second-order valence-electron chi connectivity index (χ2n) is 8.96. The second-order valence-corrected chi connectivity index (χ2v) is 8.96. The molecule has 13 nitrogen and oxygen atoms in total. The topological polar surface area (TPSA) is 160 Å². The summed E-state index contributed by atoms with van der Waals surface area (Å²) in [6.07, 6.45) is -1.74. The second kappa shape index (κ2) is 13.4. The standard InChI is InChI=1S/C26H33N5O8/c1-4-38-26(37)30-14-12-29(13-15-30)25(36)20(10-11-23(33)34)27-24(35)21-16-22(39-18(3)17(2)32)31(28-21)19-8-6-5-7-9-19/h5-9,16,18,20H,4,10-15H2,1-3H3,(H,27,35)(H,33,34)/t18-,20?/m0/s1. The van der Waals surface area contributed by atoms with Gasteiger partial charge in [0.1, 0.15) is 6.04 Å². The molecule has 1 aromatic heterocycles. The lowest BCUT2D eigenvalue weighted by molar-refractivity contribution is -0.138. The minimum atomic E-state index is -1.13. The lowest BCUT2D eigenvalue weighted by Crippen LogP contribution is -2.56. The number of carboxylic acid groups (broad SMARTS) is 1. The van der Waals surface area contributed by atoms with Crippen LogP contribution in [0.3, 0.4) is 0 Å². The number of piperazine rings is 1. The number of benzene rings is 1. The number of carbonyl (C=O) groups is 5. The van der Waals surface area contributed by atoms with Crippen molar-refractivity contribution in [1.29, 1.82) is 0 Å². The molecule has 1 aromatic carbocycles. The van der Waals surface area contributed by atoms with Gasteiger partial charge in [0.05, 0.1) is 12.3 Å². The van der Waals surface area contributed by atoms with E-state index in [4.69, 9.17) is 9.47 Å². The van der Waals surface area contributed by atoms with E-state index in [0.717, 1.165) is 0 Å². The van der Waals surface area contributed by atoms with Crippen LogP contribution >= 0.6 is 0 Å². The van der Waals surface area contributed by atoms with Gasteiger partial charge in [-0.15, -0.1) is 0 Å². The Morgan fingerprint density at radius 3 is 2.28 bits per heavy atom. The summed E-state index contributed by atoms with van der Waals surface area (Å²) in [7, 11) is 0. The minimum absolute atomic E-state index is 0.0788. The average Bonchev–Trinajstić information content (AvgIpc) is 3.35. The first-order chi connectivity index (χ1) is 18.6. The molecule has 1 aliphatic rings. The minimum Gasteiger partial charge on any atom is -0.481 e. The number of hydrogen-bond acceptors (Lipinski definition) is 8. The molecule has 3 amide bonds. The maximum Gasteiger partial charge on any atom is 0.409 e. The highest BCUT2D eigenvalue weighted by Gasteiger charge is 2.31. The Morgan fingerprint density at radius 2 is 1.69 bits per heavy atom. The number of aromatic nitrogens is 2. The van der Waals surface area contributed by atoms with E-state index in [-0.39, 0.29) is 63.0 Å². The third-order valence-electron chi connectivity index (χ3n) is 6.15. The Bertz CT molecular complexity index is 1190. The number of amides is 3. The fourth-order valence-electron chi connectivity index (χ4n) is 3.88. The highest BCUT2D eigenvalue weighted by molar-refractivity contribution is 5.96. The molecule has 13 heteroatoms. The molecule has 1 fully saturated rings. The number of rotatable bonds is 11. The molecule has 3 rings (SSSR count). The Labute approximate surface area is 225 Å². The first-order valence-electron chi connectivity index (χ1n) is 12.7.